The van der Waals surface area contributed by atoms with Crippen molar-refractivity contribution >= 4 is 11.6 Å². The van der Waals surface area contributed by atoms with E-state index in [9.17, 15) is 4.79 Å². The lowest BCUT2D eigenvalue weighted by Gasteiger charge is -2.24. The van der Waals surface area contributed by atoms with E-state index in [1.165, 1.54) is 0 Å². The number of carbonyl (C=O) groups is 1. The summed E-state index contributed by atoms with van der Waals surface area (Å²) in [6.07, 6.45) is 5.60. The van der Waals surface area contributed by atoms with Crippen molar-refractivity contribution in [2.24, 2.45) is 0 Å². The zero-order valence-corrected chi connectivity index (χ0v) is 10.3. The van der Waals surface area contributed by atoms with E-state index in [0.29, 0.717) is 0 Å². The molecule has 0 aromatic heterocycles. The van der Waals surface area contributed by atoms with Crippen molar-refractivity contribution < 1.29 is 4.79 Å². The van der Waals surface area contributed by atoms with Gasteiger partial charge in [0, 0.05) is 6.92 Å². The molecular formula is C15H15NO. The van der Waals surface area contributed by atoms with Crippen molar-refractivity contribution in [3.05, 3.63) is 59.0 Å². The van der Waals surface area contributed by atoms with Crippen molar-refractivity contribution in [2.75, 3.05) is 4.90 Å². The fraction of sp³-hybridized carbons (Fsp3) is 0.200. The molecule has 0 unspecified atom stereocenters. The minimum absolute atomic E-state index is 0.00449. The molecular weight excluding hydrogens is 210 g/mol. The highest BCUT2D eigenvalue weighted by atomic mass is 16.2. The zero-order valence-electron chi connectivity index (χ0n) is 10.3. The highest BCUT2D eigenvalue weighted by molar-refractivity contribution is 5.97. The largest absolute Gasteiger partial charge is 0.274 e. The maximum atomic E-state index is 11.9. The van der Waals surface area contributed by atoms with Crippen LogP contribution in [0.1, 0.15) is 18.1 Å². The van der Waals surface area contributed by atoms with Gasteiger partial charge >= 0.3 is 0 Å². The van der Waals surface area contributed by atoms with Gasteiger partial charge in [-0.15, -0.1) is 0 Å². The average molecular weight is 225 g/mol. The quantitative estimate of drug-likeness (QED) is 0.707. The number of hydrogen-bond acceptors (Lipinski definition) is 1. The summed E-state index contributed by atoms with van der Waals surface area (Å²) in [5.41, 5.74) is 7.02. The first kappa shape index (κ1) is 11.4. The molecule has 0 radical (unpaired) electrons. The van der Waals surface area contributed by atoms with Gasteiger partial charge in [-0.3, -0.25) is 9.69 Å². The minimum atomic E-state index is 0.00449. The zero-order chi connectivity index (χ0) is 12.4. The normalized spacial score (nSPS) is 12.8. The van der Waals surface area contributed by atoms with Crippen LogP contribution < -0.4 is 4.90 Å². The first-order valence-corrected chi connectivity index (χ1v) is 5.61. The summed E-state index contributed by atoms with van der Waals surface area (Å²) in [5, 5.41) is 0. The molecule has 1 aliphatic rings. The molecule has 0 bridgehead atoms. The van der Waals surface area contributed by atoms with Crippen molar-refractivity contribution in [1.29, 1.82) is 0 Å². The van der Waals surface area contributed by atoms with Crippen LogP contribution in [-0.2, 0) is 4.79 Å². The van der Waals surface area contributed by atoms with Crippen LogP contribution >= 0.6 is 0 Å². The van der Waals surface area contributed by atoms with Gasteiger partial charge in [-0.2, -0.15) is 0 Å². The molecule has 0 saturated heterocycles. The Kier molecular flexibility index (Phi) is 2.99. The number of anilines is 1. The maximum absolute atomic E-state index is 11.9. The second-order valence-electron chi connectivity index (χ2n) is 4.15. The molecule has 0 fully saturated rings. The summed E-state index contributed by atoms with van der Waals surface area (Å²) < 4.78 is 0. The van der Waals surface area contributed by atoms with Gasteiger partial charge in [0.2, 0.25) is 5.91 Å². The first-order chi connectivity index (χ1) is 8.11. The molecule has 0 aliphatic heterocycles. The third kappa shape index (κ3) is 2.08. The number of benzene rings is 1. The van der Waals surface area contributed by atoms with Crippen LogP contribution in [-0.4, -0.2) is 5.91 Å². The van der Waals surface area contributed by atoms with Crippen LogP contribution in [0.2, 0.25) is 0 Å². The van der Waals surface area contributed by atoms with Crippen LogP contribution in [0.3, 0.4) is 0 Å². The van der Waals surface area contributed by atoms with Gasteiger partial charge in [0.05, 0.1) is 11.4 Å². The molecule has 1 aromatic carbocycles. The molecule has 2 nitrogen and oxygen atoms in total. The van der Waals surface area contributed by atoms with Crippen LogP contribution in [0, 0.1) is 13.8 Å². The van der Waals surface area contributed by atoms with Gasteiger partial charge in [-0.25, -0.2) is 0 Å². The predicted octanol–water partition coefficient (Wildman–Crippen LogP) is 3.27. The van der Waals surface area contributed by atoms with Crippen molar-refractivity contribution in [1.82, 2.24) is 0 Å². The lowest BCUT2D eigenvalue weighted by molar-refractivity contribution is -0.116. The second kappa shape index (κ2) is 4.44. The Morgan fingerprint density at radius 3 is 2.35 bits per heavy atom. The summed E-state index contributed by atoms with van der Waals surface area (Å²) in [6, 6.07) is 6.03. The Labute approximate surface area is 102 Å². The Morgan fingerprint density at radius 2 is 1.88 bits per heavy atom. The van der Waals surface area contributed by atoms with Gasteiger partial charge < -0.3 is 0 Å². The summed E-state index contributed by atoms with van der Waals surface area (Å²) in [6.45, 7) is 5.61. The minimum Gasteiger partial charge on any atom is -0.274 e. The number of amides is 1. The van der Waals surface area contributed by atoms with E-state index >= 15 is 0 Å². The summed E-state index contributed by atoms with van der Waals surface area (Å²) in [4.78, 5) is 13.6. The molecule has 0 spiro atoms. The molecule has 1 aliphatic carbocycles. The molecule has 2 rings (SSSR count). The smallest absolute Gasteiger partial charge is 0.228 e. The second-order valence-corrected chi connectivity index (χ2v) is 4.15. The molecule has 2 heteroatoms. The van der Waals surface area contributed by atoms with Gasteiger partial charge in [-0.1, -0.05) is 30.0 Å². The molecule has 86 valence electrons. The molecule has 0 atom stereocenters. The van der Waals surface area contributed by atoms with Crippen molar-refractivity contribution in [2.45, 2.75) is 20.8 Å². The lowest BCUT2D eigenvalue weighted by atomic mass is 10.1. The highest BCUT2D eigenvalue weighted by Gasteiger charge is 2.19. The first-order valence-electron chi connectivity index (χ1n) is 5.61. The number of rotatable bonds is 2. The maximum Gasteiger partial charge on any atom is 0.228 e. The number of allylic oxidation sites excluding steroid dienone is 2. The van der Waals surface area contributed by atoms with E-state index in [1.54, 1.807) is 11.8 Å². The third-order valence-electron chi connectivity index (χ3n) is 2.80. The van der Waals surface area contributed by atoms with E-state index < -0.39 is 0 Å². The summed E-state index contributed by atoms with van der Waals surface area (Å²) >= 11 is 0. The summed E-state index contributed by atoms with van der Waals surface area (Å²) in [7, 11) is 0. The number of hydrogen-bond donors (Lipinski definition) is 0. The Morgan fingerprint density at radius 1 is 1.24 bits per heavy atom. The Balaban J connectivity index is 2.58. The van der Waals surface area contributed by atoms with Crippen molar-refractivity contribution in [3.63, 3.8) is 0 Å². The van der Waals surface area contributed by atoms with E-state index in [4.69, 9.17) is 0 Å². The number of carbonyl (C=O) groups excluding carboxylic acids is 1. The molecule has 0 saturated carbocycles. The van der Waals surface area contributed by atoms with E-state index in [0.717, 1.165) is 22.5 Å². The summed E-state index contributed by atoms with van der Waals surface area (Å²) in [5.74, 6) is 0.00449. The Hall–Kier alpha value is -2.05. The monoisotopic (exact) mass is 225 g/mol. The number of nitrogens with zero attached hydrogens (tertiary/aromatic N) is 1. The van der Waals surface area contributed by atoms with E-state index in [-0.39, 0.29) is 5.91 Å². The van der Waals surface area contributed by atoms with Crippen LogP contribution in [0.4, 0.5) is 5.69 Å². The highest BCUT2D eigenvalue weighted by Crippen LogP contribution is 2.28. The molecule has 0 heterocycles. The SMILES string of the molecule is CC(=O)N(C1=C=CC=C1)c1c(C)cccc1C. The molecule has 17 heavy (non-hydrogen) atoms. The van der Waals surface area contributed by atoms with Crippen LogP contribution in [0.5, 0.6) is 0 Å². The van der Waals surface area contributed by atoms with Gasteiger partial charge in [0.25, 0.3) is 0 Å². The van der Waals surface area contributed by atoms with Crippen LogP contribution in [0.15, 0.2) is 47.9 Å². The number of aryl methyl sites for hydroxylation is 2. The molecule has 1 amide bonds. The fourth-order valence-electron chi connectivity index (χ4n) is 2.07. The van der Waals surface area contributed by atoms with Crippen LogP contribution in [0.25, 0.3) is 0 Å². The third-order valence-corrected chi connectivity index (χ3v) is 2.80. The van der Waals surface area contributed by atoms with Gasteiger partial charge in [-0.05, 0) is 37.1 Å². The average Bonchev–Trinajstić information content (AvgIpc) is 2.76. The fourth-order valence-corrected chi connectivity index (χ4v) is 2.07. The Bertz CT molecular complexity index is 540. The lowest BCUT2D eigenvalue weighted by Crippen LogP contribution is -2.27. The van der Waals surface area contributed by atoms with Crippen molar-refractivity contribution in [3.8, 4) is 0 Å². The predicted molar refractivity (Wildman–Crippen MR) is 69.8 cm³/mol. The van der Waals surface area contributed by atoms with Gasteiger partial charge in [0.15, 0.2) is 0 Å². The standard InChI is InChI=1S/C15H15NO/c1-11-7-6-8-12(2)15(11)16(13(3)17)14-9-4-5-10-14/h4-9H,1-3H3. The van der Waals surface area contributed by atoms with E-state index in [2.05, 4.69) is 5.73 Å². The van der Waals surface area contributed by atoms with Gasteiger partial charge in [0.1, 0.15) is 0 Å². The topological polar surface area (TPSA) is 20.3 Å². The number of para-hydroxylation sites is 1. The molecule has 0 N–H and O–H groups in total. The molecule has 1 aromatic rings. The van der Waals surface area contributed by atoms with E-state index in [1.807, 2.05) is 50.3 Å².